The molecule has 1 amide bonds. The molecule has 3 heterocycles. The fraction of sp³-hybridized carbons (Fsp3) is 0.632. The van der Waals surface area contributed by atoms with Crippen LogP contribution < -0.4 is 10.1 Å². The molecule has 1 aromatic carbocycles. The third kappa shape index (κ3) is 6.02. The zero-order valence-corrected chi connectivity index (χ0v) is 29.3. The topological polar surface area (TPSA) is 110 Å². The molecule has 1 atom stereocenters. The molecule has 4 bridgehead atoms. The van der Waals surface area contributed by atoms with E-state index in [2.05, 4.69) is 15.3 Å². The van der Waals surface area contributed by atoms with E-state index in [4.69, 9.17) is 4.74 Å². The van der Waals surface area contributed by atoms with Crippen molar-refractivity contribution in [2.24, 2.45) is 23.7 Å². The van der Waals surface area contributed by atoms with Crippen molar-refractivity contribution in [3.05, 3.63) is 41.9 Å². The Morgan fingerprint density at radius 2 is 1.69 bits per heavy atom. The number of halogens is 5. The number of nitrogens with zero attached hydrogens (tertiary/aromatic N) is 4. The van der Waals surface area contributed by atoms with Crippen molar-refractivity contribution in [2.75, 3.05) is 13.1 Å². The molecule has 6 fully saturated rings. The molecule has 2 aromatic heterocycles. The molecule has 1 aliphatic heterocycles. The molecule has 5 aliphatic carbocycles. The molecular weight excluding hydrogens is 685 g/mol. The Morgan fingerprint density at radius 3 is 2.27 bits per heavy atom. The van der Waals surface area contributed by atoms with Gasteiger partial charge in [0, 0.05) is 41.5 Å². The maximum Gasteiger partial charge on any atom is 0.434 e. The second-order valence-corrected chi connectivity index (χ2v) is 16.1. The molecule has 280 valence electrons. The maximum atomic E-state index is 14.7. The predicted octanol–water partition coefficient (Wildman–Crippen LogP) is 7.74. The number of hydrogen-bond acceptors (Lipinski definition) is 6. The smallest absolute Gasteiger partial charge is 0.434 e. The number of hydrogen-bond donors (Lipinski definition) is 2. The summed E-state index contributed by atoms with van der Waals surface area (Å²) < 4.78 is 79.1. The molecule has 0 radical (unpaired) electrons. The number of carbonyl (C=O) groups excluding carboxylic acids is 1. The Bertz CT molecular complexity index is 1850. The van der Waals surface area contributed by atoms with Crippen LogP contribution in [0.1, 0.15) is 100 Å². The number of nitrogens with one attached hydrogen (secondary N) is 1. The third-order valence-electron chi connectivity index (χ3n) is 12.8. The zero-order valence-electron chi connectivity index (χ0n) is 29.3. The van der Waals surface area contributed by atoms with Gasteiger partial charge in [0.25, 0.3) is 11.8 Å². The molecule has 0 unspecified atom stereocenters. The van der Waals surface area contributed by atoms with Gasteiger partial charge in [0.05, 0.1) is 30.3 Å². The fourth-order valence-corrected chi connectivity index (χ4v) is 10.3. The Balaban J connectivity index is 1.07. The van der Waals surface area contributed by atoms with Gasteiger partial charge in [-0.25, -0.2) is 23.5 Å². The number of aromatic nitrogens is 3. The van der Waals surface area contributed by atoms with E-state index < -0.39 is 40.8 Å². The van der Waals surface area contributed by atoms with Crippen molar-refractivity contribution >= 4 is 22.8 Å². The highest BCUT2D eigenvalue weighted by Crippen LogP contribution is 2.58. The van der Waals surface area contributed by atoms with Gasteiger partial charge in [-0.05, 0) is 107 Å². The lowest BCUT2D eigenvalue weighted by molar-refractivity contribution is -0.163. The number of likely N-dealkylation sites (tertiary alicyclic amines) is 1. The van der Waals surface area contributed by atoms with Crippen LogP contribution in [0.5, 0.6) is 5.75 Å². The van der Waals surface area contributed by atoms with Crippen molar-refractivity contribution in [3.63, 3.8) is 0 Å². The van der Waals surface area contributed by atoms with Crippen molar-refractivity contribution in [3.8, 4) is 17.1 Å². The summed E-state index contributed by atoms with van der Waals surface area (Å²) in [5, 5.41) is 13.7. The van der Waals surface area contributed by atoms with Crippen LogP contribution in [-0.2, 0) is 11.0 Å². The molecule has 9 nitrogen and oxygen atoms in total. The number of aliphatic carboxylic acids is 1. The second kappa shape index (κ2) is 12.7. The fourth-order valence-electron chi connectivity index (χ4n) is 10.3. The first-order chi connectivity index (χ1) is 24.6. The van der Waals surface area contributed by atoms with E-state index in [0.29, 0.717) is 54.2 Å². The SMILES string of the molecule is CC[C@H](C)n1cc(-c2ncc(C(=O)NC3(C(=O)O)C4CC5CC(C4)CC3C5)c(C(F)(F)F)n2)c2ccc(OC3CCC(N4CC(F)(F)C4)CC3)cc21. The summed E-state index contributed by atoms with van der Waals surface area (Å²) in [5.74, 6) is -4.44. The van der Waals surface area contributed by atoms with E-state index in [0.717, 1.165) is 50.2 Å². The van der Waals surface area contributed by atoms with Gasteiger partial charge in [-0.3, -0.25) is 9.69 Å². The van der Waals surface area contributed by atoms with Crippen molar-refractivity contribution in [1.29, 1.82) is 0 Å². The molecular formula is C38H44F5N5O4. The molecule has 52 heavy (non-hydrogen) atoms. The monoisotopic (exact) mass is 729 g/mol. The standard InChI is InChI=1S/C38H44F5N5O4/c1-3-20(2)48-17-30(28-9-8-27(15-31(28)48)52-26-6-4-25(5-7-26)47-18-36(39,40)19-47)33-44-16-29(32(45-33)38(41,42)43)34(49)46-37(35(50)51)23-11-21-10-22(13-23)14-24(37)12-21/h8-9,15-17,20-26H,3-7,10-14,18-19H2,1-2H3,(H,46,49)(H,50,51)/t20-,21?,22?,23?,24?,25?,26?,37?/m0/s1. The number of carboxylic acids is 1. The number of amides is 1. The lowest BCUT2D eigenvalue weighted by Gasteiger charge is -2.59. The maximum absolute atomic E-state index is 14.7. The number of carboxylic acid groups (broad SMARTS) is 1. The van der Waals surface area contributed by atoms with E-state index in [-0.39, 0.29) is 48.9 Å². The van der Waals surface area contributed by atoms with Crippen LogP contribution >= 0.6 is 0 Å². The number of fused-ring (bicyclic) bond motifs is 1. The van der Waals surface area contributed by atoms with E-state index in [1.165, 1.54) is 0 Å². The zero-order chi connectivity index (χ0) is 36.7. The minimum Gasteiger partial charge on any atom is -0.490 e. The lowest BCUT2D eigenvalue weighted by Crippen LogP contribution is -2.70. The summed E-state index contributed by atoms with van der Waals surface area (Å²) in [6, 6.07) is 5.49. The number of ether oxygens (including phenoxy) is 1. The Kier molecular flexibility index (Phi) is 8.58. The minimum absolute atomic E-state index is 0.0306. The van der Waals surface area contributed by atoms with Gasteiger partial charge in [-0.15, -0.1) is 0 Å². The summed E-state index contributed by atoms with van der Waals surface area (Å²) in [4.78, 5) is 36.6. The van der Waals surface area contributed by atoms with Crippen LogP contribution in [-0.4, -0.2) is 73.1 Å². The van der Waals surface area contributed by atoms with Crippen molar-refractivity contribution in [2.45, 2.75) is 114 Å². The molecule has 9 rings (SSSR count). The lowest BCUT2D eigenvalue weighted by atomic mass is 9.48. The van der Waals surface area contributed by atoms with Crippen LogP contribution in [0.2, 0.25) is 0 Å². The molecule has 6 aliphatic rings. The summed E-state index contributed by atoms with van der Waals surface area (Å²) in [6.07, 6.45) is 4.80. The molecule has 14 heteroatoms. The second-order valence-electron chi connectivity index (χ2n) is 16.1. The summed E-state index contributed by atoms with van der Waals surface area (Å²) in [7, 11) is 0. The highest BCUT2D eigenvalue weighted by atomic mass is 19.4. The molecule has 3 aromatic rings. The van der Waals surface area contributed by atoms with Gasteiger partial charge in [0.2, 0.25) is 0 Å². The Hall–Kier alpha value is -3.81. The summed E-state index contributed by atoms with van der Waals surface area (Å²) in [5.41, 5.74) is -2.76. The van der Waals surface area contributed by atoms with E-state index >= 15 is 0 Å². The van der Waals surface area contributed by atoms with Crippen LogP contribution in [0.15, 0.2) is 30.6 Å². The number of rotatable bonds is 9. The largest absolute Gasteiger partial charge is 0.490 e. The van der Waals surface area contributed by atoms with Crippen molar-refractivity contribution < 1.29 is 41.4 Å². The molecule has 2 N–H and O–H groups in total. The average Bonchev–Trinajstić information content (AvgIpc) is 3.46. The number of carbonyl (C=O) groups is 2. The first-order valence-electron chi connectivity index (χ1n) is 18.6. The summed E-state index contributed by atoms with van der Waals surface area (Å²) in [6.45, 7) is 3.62. The van der Waals surface area contributed by atoms with Gasteiger partial charge in [0.15, 0.2) is 11.5 Å². The third-order valence-corrected chi connectivity index (χ3v) is 12.8. The Morgan fingerprint density at radius 1 is 1.04 bits per heavy atom. The normalized spacial score (nSPS) is 31.7. The average molecular weight is 730 g/mol. The minimum atomic E-state index is -5.02. The van der Waals surface area contributed by atoms with E-state index in [1.807, 2.05) is 29.4 Å². The van der Waals surface area contributed by atoms with Gasteiger partial charge in [-0.1, -0.05) is 6.92 Å². The van der Waals surface area contributed by atoms with Gasteiger partial charge in [-0.2, -0.15) is 13.2 Å². The van der Waals surface area contributed by atoms with Gasteiger partial charge < -0.3 is 19.7 Å². The van der Waals surface area contributed by atoms with Crippen LogP contribution in [0.4, 0.5) is 22.0 Å². The quantitative estimate of drug-likeness (QED) is 0.217. The summed E-state index contributed by atoms with van der Waals surface area (Å²) >= 11 is 0. The van der Waals surface area contributed by atoms with E-state index in [9.17, 15) is 36.6 Å². The van der Waals surface area contributed by atoms with Crippen molar-refractivity contribution in [1.82, 2.24) is 24.8 Å². The number of benzene rings is 1. The predicted molar refractivity (Wildman–Crippen MR) is 181 cm³/mol. The number of alkyl halides is 5. The Labute approximate surface area is 298 Å². The van der Waals surface area contributed by atoms with Crippen LogP contribution in [0.3, 0.4) is 0 Å². The first kappa shape index (κ1) is 35.2. The highest BCUT2D eigenvalue weighted by molar-refractivity contribution is 6.00. The molecule has 5 saturated carbocycles. The highest BCUT2D eigenvalue weighted by Gasteiger charge is 2.62. The first-order valence-corrected chi connectivity index (χ1v) is 18.6. The van der Waals surface area contributed by atoms with Gasteiger partial charge >= 0.3 is 12.1 Å². The van der Waals surface area contributed by atoms with Crippen LogP contribution in [0, 0.1) is 23.7 Å². The molecule has 0 spiro atoms. The molecule has 1 saturated heterocycles. The van der Waals surface area contributed by atoms with Gasteiger partial charge in [0.1, 0.15) is 11.3 Å². The van der Waals surface area contributed by atoms with Crippen LogP contribution in [0.25, 0.3) is 22.3 Å². The van der Waals surface area contributed by atoms with E-state index in [1.54, 1.807) is 18.3 Å².